The molecule has 0 spiro atoms. The molecular formula is C13H15NO. The second-order valence-corrected chi connectivity index (χ2v) is 3.86. The number of hydrogen-bond donors (Lipinski definition) is 2. The van der Waals surface area contributed by atoms with Crippen LogP contribution in [0.2, 0.25) is 0 Å². The minimum atomic E-state index is -0.560. The molecule has 15 heavy (non-hydrogen) atoms. The lowest BCUT2D eigenvalue weighted by molar-refractivity contribution is 0.187. The van der Waals surface area contributed by atoms with Crippen LogP contribution >= 0.6 is 0 Å². The summed E-state index contributed by atoms with van der Waals surface area (Å²) < 4.78 is 0. The average Bonchev–Trinajstić information content (AvgIpc) is 2.27. The van der Waals surface area contributed by atoms with Gasteiger partial charge in [-0.05, 0) is 29.3 Å². The lowest BCUT2D eigenvalue weighted by atomic mass is 10.0. The number of aliphatic hydroxyl groups excluding tert-OH is 1. The fourth-order valence-electron chi connectivity index (χ4n) is 1.73. The first-order valence-electron chi connectivity index (χ1n) is 5.09. The summed E-state index contributed by atoms with van der Waals surface area (Å²) >= 11 is 0. The highest BCUT2D eigenvalue weighted by atomic mass is 16.3. The maximum Gasteiger partial charge on any atom is 0.0912 e. The van der Waals surface area contributed by atoms with E-state index in [0.717, 1.165) is 10.9 Å². The van der Waals surface area contributed by atoms with Crippen LogP contribution in [0, 0.1) is 6.92 Å². The Kier molecular flexibility index (Phi) is 2.71. The quantitative estimate of drug-likeness (QED) is 0.782. The van der Waals surface area contributed by atoms with Gasteiger partial charge in [0.1, 0.15) is 0 Å². The number of rotatable bonds is 2. The van der Waals surface area contributed by atoms with Crippen LogP contribution in [0.15, 0.2) is 36.4 Å². The molecule has 1 unspecified atom stereocenters. The molecule has 0 radical (unpaired) electrons. The summed E-state index contributed by atoms with van der Waals surface area (Å²) in [5.74, 6) is 0. The normalized spacial score (nSPS) is 13.0. The molecule has 3 N–H and O–H groups in total. The smallest absolute Gasteiger partial charge is 0.0912 e. The van der Waals surface area contributed by atoms with Gasteiger partial charge in [0.25, 0.3) is 0 Å². The van der Waals surface area contributed by atoms with Gasteiger partial charge in [-0.25, -0.2) is 0 Å². The maximum atomic E-state index is 9.62. The zero-order valence-electron chi connectivity index (χ0n) is 8.77. The zero-order valence-corrected chi connectivity index (χ0v) is 8.77. The first-order valence-corrected chi connectivity index (χ1v) is 5.09. The van der Waals surface area contributed by atoms with Gasteiger partial charge in [-0.3, -0.25) is 0 Å². The summed E-state index contributed by atoms with van der Waals surface area (Å²) in [5.41, 5.74) is 7.55. The van der Waals surface area contributed by atoms with Gasteiger partial charge in [0, 0.05) is 6.54 Å². The molecule has 1 atom stereocenters. The van der Waals surface area contributed by atoms with Crippen molar-refractivity contribution in [2.24, 2.45) is 5.73 Å². The van der Waals surface area contributed by atoms with Crippen LogP contribution in [0.3, 0.4) is 0 Å². The standard InChI is InChI=1S/C13H15NO/c1-9-2-3-11-7-12(13(15)8-14)5-4-10(11)6-9/h2-7,13,15H,8,14H2,1H3. The van der Waals surface area contributed by atoms with E-state index in [2.05, 4.69) is 25.1 Å². The second kappa shape index (κ2) is 4.01. The van der Waals surface area contributed by atoms with E-state index in [9.17, 15) is 5.11 Å². The third kappa shape index (κ3) is 2.01. The molecule has 0 aromatic heterocycles. The van der Waals surface area contributed by atoms with Gasteiger partial charge >= 0.3 is 0 Å². The molecule has 2 aromatic rings. The van der Waals surface area contributed by atoms with Gasteiger partial charge in [0.15, 0.2) is 0 Å². The van der Waals surface area contributed by atoms with Crippen molar-refractivity contribution in [2.45, 2.75) is 13.0 Å². The molecule has 2 rings (SSSR count). The summed E-state index contributed by atoms with van der Waals surface area (Å²) in [5, 5.41) is 12.0. The Balaban J connectivity index is 2.52. The molecule has 2 heteroatoms. The monoisotopic (exact) mass is 201 g/mol. The van der Waals surface area contributed by atoms with E-state index < -0.39 is 6.10 Å². The van der Waals surface area contributed by atoms with Crippen LogP contribution in [-0.4, -0.2) is 11.7 Å². The van der Waals surface area contributed by atoms with E-state index >= 15 is 0 Å². The molecule has 0 aliphatic carbocycles. The van der Waals surface area contributed by atoms with E-state index in [0.29, 0.717) is 0 Å². The summed E-state index contributed by atoms with van der Waals surface area (Å²) in [6, 6.07) is 12.2. The average molecular weight is 201 g/mol. The summed E-state index contributed by atoms with van der Waals surface area (Å²) in [4.78, 5) is 0. The molecule has 0 bridgehead atoms. The highest BCUT2D eigenvalue weighted by molar-refractivity contribution is 5.83. The third-order valence-corrected chi connectivity index (χ3v) is 2.63. The van der Waals surface area contributed by atoms with Crippen molar-refractivity contribution in [2.75, 3.05) is 6.54 Å². The van der Waals surface area contributed by atoms with E-state index in [1.807, 2.05) is 18.2 Å². The predicted octanol–water partition coefficient (Wildman–Crippen LogP) is 2.14. The molecule has 0 amide bonds. The minimum absolute atomic E-state index is 0.261. The highest BCUT2D eigenvalue weighted by Crippen LogP contribution is 2.20. The molecule has 0 heterocycles. The van der Waals surface area contributed by atoms with Crippen LogP contribution in [0.25, 0.3) is 10.8 Å². The van der Waals surface area contributed by atoms with E-state index in [4.69, 9.17) is 5.73 Å². The summed E-state index contributed by atoms with van der Waals surface area (Å²) in [6.07, 6.45) is -0.560. The van der Waals surface area contributed by atoms with Crippen LogP contribution in [0.5, 0.6) is 0 Å². The lowest BCUT2D eigenvalue weighted by Gasteiger charge is -2.09. The number of benzene rings is 2. The number of fused-ring (bicyclic) bond motifs is 1. The summed E-state index contributed by atoms with van der Waals surface area (Å²) in [6.45, 7) is 2.33. The van der Waals surface area contributed by atoms with Crippen LogP contribution in [0.4, 0.5) is 0 Å². The number of aliphatic hydroxyl groups is 1. The molecule has 2 aromatic carbocycles. The van der Waals surface area contributed by atoms with Gasteiger partial charge < -0.3 is 10.8 Å². The van der Waals surface area contributed by atoms with Crippen molar-refractivity contribution in [1.82, 2.24) is 0 Å². The third-order valence-electron chi connectivity index (χ3n) is 2.63. The van der Waals surface area contributed by atoms with Crippen molar-refractivity contribution >= 4 is 10.8 Å². The topological polar surface area (TPSA) is 46.2 Å². The van der Waals surface area contributed by atoms with E-state index in [1.165, 1.54) is 10.9 Å². The predicted molar refractivity (Wildman–Crippen MR) is 62.7 cm³/mol. The number of aryl methyl sites for hydroxylation is 1. The fourth-order valence-corrected chi connectivity index (χ4v) is 1.73. The molecule has 78 valence electrons. The minimum Gasteiger partial charge on any atom is -0.387 e. The maximum absolute atomic E-state index is 9.62. The molecule has 0 saturated heterocycles. The van der Waals surface area contributed by atoms with Crippen molar-refractivity contribution in [3.63, 3.8) is 0 Å². The number of hydrogen-bond acceptors (Lipinski definition) is 2. The van der Waals surface area contributed by atoms with Crippen molar-refractivity contribution in [3.05, 3.63) is 47.5 Å². The van der Waals surface area contributed by atoms with Crippen LogP contribution in [-0.2, 0) is 0 Å². The first kappa shape index (κ1) is 10.1. The van der Waals surface area contributed by atoms with Gasteiger partial charge in [-0.2, -0.15) is 0 Å². The molecule has 0 saturated carbocycles. The lowest BCUT2D eigenvalue weighted by Crippen LogP contribution is -2.11. The molecule has 0 aliphatic rings. The Morgan fingerprint density at radius 2 is 1.80 bits per heavy atom. The Morgan fingerprint density at radius 1 is 1.13 bits per heavy atom. The molecule has 0 aliphatic heterocycles. The van der Waals surface area contributed by atoms with E-state index in [1.54, 1.807) is 0 Å². The van der Waals surface area contributed by atoms with Crippen molar-refractivity contribution in [3.8, 4) is 0 Å². The molecular weight excluding hydrogens is 186 g/mol. The SMILES string of the molecule is Cc1ccc2cc(C(O)CN)ccc2c1. The van der Waals surface area contributed by atoms with Gasteiger partial charge in [-0.15, -0.1) is 0 Å². The Labute approximate surface area is 89.3 Å². The van der Waals surface area contributed by atoms with Crippen molar-refractivity contribution < 1.29 is 5.11 Å². The fraction of sp³-hybridized carbons (Fsp3) is 0.231. The first-order chi connectivity index (χ1) is 7.20. The van der Waals surface area contributed by atoms with Gasteiger partial charge in [-0.1, -0.05) is 35.9 Å². The summed E-state index contributed by atoms with van der Waals surface area (Å²) in [7, 11) is 0. The molecule has 2 nitrogen and oxygen atoms in total. The molecule has 0 fully saturated rings. The highest BCUT2D eigenvalue weighted by Gasteiger charge is 2.05. The van der Waals surface area contributed by atoms with E-state index in [-0.39, 0.29) is 6.54 Å². The van der Waals surface area contributed by atoms with Crippen LogP contribution < -0.4 is 5.73 Å². The Morgan fingerprint density at radius 3 is 2.53 bits per heavy atom. The number of nitrogens with two attached hydrogens (primary N) is 1. The second-order valence-electron chi connectivity index (χ2n) is 3.86. The van der Waals surface area contributed by atoms with Gasteiger partial charge in [0.05, 0.1) is 6.10 Å². The Hall–Kier alpha value is -1.38. The van der Waals surface area contributed by atoms with Gasteiger partial charge in [0.2, 0.25) is 0 Å². The largest absolute Gasteiger partial charge is 0.387 e. The Bertz CT molecular complexity index is 479. The van der Waals surface area contributed by atoms with Crippen molar-refractivity contribution in [1.29, 1.82) is 0 Å². The van der Waals surface area contributed by atoms with Crippen LogP contribution in [0.1, 0.15) is 17.2 Å². The zero-order chi connectivity index (χ0) is 10.8.